The van der Waals surface area contributed by atoms with Gasteiger partial charge < -0.3 is 14.2 Å². The standard InChI is InChI=1S/C12H15NO3/c1-14-8-10-11(15-2)5-4-9(6-7-13)12(10)16-3/h4-5H,6,8H2,1-3H3. The Morgan fingerprint density at radius 2 is 1.94 bits per heavy atom. The Labute approximate surface area is 95.4 Å². The largest absolute Gasteiger partial charge is 0.496 e. The molecule has 0 heterocycles. The summed E-state index contributed by atoms with van der Waals surface area (Å²) in [7, 11) is 4.78. The Balaban J connectivity index is 3.26. The van der Waals surface area contributed by atoms with Crippen molar-refractivity contribution in [3.63, 3.8) is 0 Å². The van der Waals surface area contributed by atoms with Crippen molar-refractivity contribution in [1.29, 1.82) is 5.26 Å². The van der Waals surface area contributed by atoms with Crippen molar-refractivity contribution >= 4 is 0 Å². The molecule has 0 aliphatic carbocycles. The van der Waals surface area contributed by atoms with E-state index in [1.54, 1.807) is 21.3 Å². The summed E-state index contributed by atoms with van der Waals surface area (Å²) in [6, 6.07) is 5.76. The number of hydrogen-bond acceptors (Lipinski definition) is 4. The van der Waals surface area contributed by atoms with Crippen molar-refractivity contribution < 1.29 is 14.2 Å². The molecule has 0 aromatic heterocycles. The molecule has 0 unspecified atom stereocenters. The first kappa shape index (κ1) is 12.3. The minimum Gasteiger partial charge on any atom is -0.496 e. The maximum atomic E-state index is 8.72. The zero-order valence-electron chi connectivity index (χ0n) is 9.74. The van der Waals surface area contributed by atoms with Crippen molar-refractivity contribution in [2.45, 2.75) is 13.0 Å². The van der Waals surface area contributed by atoms with E-state index in [4.69, 9.17) is 19.5 Å². The highest BCUT2D eigenvalue weighted by Gasteiger charge is 2.14. The lowest BCUT2D eigenvalue weighted by molar-refractivity contribution is 0.178. The van der Waals surface area contributed by atoms with Crippen molar-refractivity contribution in [1.82, 2.24) is 0 Å². The van der Waals surface area contributed by atoms with Gasteiger partial charge in [0.2, 0.25) is 0 Å². The molecular weight excluding hydrogens is 206 g/mol. The van der Waals surface area contributed by atoms with Gasteiger partial charge in [-0.2, -0.15) is 5.26 Å². The van der Waals surface area contributed by atoms with E-state index in [0.717, 1.165) is 11.1 Å². The van der Waals surface area contributed by atoms with E-state index in [1.165, 1.54) is 0 Å². The van der Waals surface area contributed by atoms with Crippen LogP contribution in [0, 0.1) is 11.3 Å². The van der Waals surface area contributed by atoms with Gasteiger partial charge in [-0.15, -0.1) is 0 Å². The lowest BCUT2D eigenvalue weighted by Gasteiger charge is -2.15. The molecule has 1 rings (SSSR count). The average Bonchev–Trinajstić information content (AvgIpc) is 2.30. The molecule has 0 fully saturated rings. The third kappa shape index (κ3) is 2.44. The molecule has 0 N–H and O–H groups in total. The van der Waals surface area contributed by atoms with Crippen molar-refractivity contribution in [2.24, 2.45) is 0 Å². The van der Waals surface area contributed by atoms with Gasteiger partial charge >= 0.3 is 0 Å². The molecule has 4 heteroatoms. The predicted molar refractivity (Wildman–Crippen MR) is 59.6 cm³/mol. The summed E-state index contributed by atoms with van der Waals surface area (Å²) >= 11 is 0. The molecule has 0 radical (unpaired) electrons. The van der Waals surface area contributed by atoms with Crippen LogP contribution in [0.15, 0.2) is 12.1 Å². The van der Waals surface area contributed by atoms with E-state index >= 15 is 0 Å². The zero-order valence-corrected chi connectivity index (χ0v) is 9.74. The van der Waals surface area contributed by atoms with Gasteiger partial charge in [-0.05, 0) is 6.07 Å². The van der Waals surface area contributed by atoms with Crippen LogP contribution in [0.4, 0.5) is 0 Å². The second-order valence-electron chi connectivity index (χ2n) is 3.21. The third-order valence-electron chi connectivity index (χ3n) is 2.28. The van der Waals surface area contributed by atoms with Crippen LogP contribution in [-0.4, -0.2) is 21.3 Å². The molecule has 0 saturated heterocycles. The molecule has 0 saturated carbocycles. The normalized spacial score (nSPS) is 9.62. The highest BCUT2D eigenvalue weighted by Crippen LogP contribution is 2.32. The summed E-state index contributed by atoms with van der Waals surface area (Å²) in [4.78, 5) is 0. The fourth-order valence-electron chi connectivity index (χ4n) is 1.61. The molecular formula is C12H15NO3. The average molecular weight is 221 g/mol. The number of methoxy groups -OCH3 is 3. The van der Waals surface area contributed by atoms with Crippen LogP contribution in [-0.2, 0) is 17.8 Å². The maximum Gasteiger partial charge on any atom is 0.132 e. The molecule has 0 bridgehead atoms. The Morgan fingerprint density at radius 1 is 1.19 bits per heavy atom. The molecule has 0 spiro atoms. The molecule has 16 heavy (non-hydrogen) atoms. The molecule has 1 aromatic rings. The van der Waals surface area contributed by atoms with Crippen molar-refractivity contribution in [3.05, 3.63) is 23.3 Å². The van der Waals surface area contributed by atoms with Crippen LogP contribution in [0.5, 0.6) is 11.5 Å². The van der Waals surface area contributed by atoms with Gasteiger partial charge in [0.05, 0.1) is 38.9 Å². The number of benzene rings is 1. The summed E-state index contributed by atoms with van der Waals surface area (Å²) in [5.41, 5.74) is 1.68. The minimum atomic E-state index is 0.309. The SMILES string of the molecule is COCc1c(OC)ccc(CC#N)c1OC. The fraction of sp³-hybridized carbons (Fsp3) is 0.417. The van der Waals surface area contributed by atoms with Gasteiger partial charge in [0.25, 0.3) is 0 Å². The predicted octanol–water partition coefficient (Wildman–Crippen LogP) is 1.92. The van der Waals surface area contributed by atoms with Gasteiger partial charge in [0, 0.05) is 12.7 Å². The monoisotopic (exact) mass is 221 g/mol. The van der Waals surface area contributed by atoms with E-state index < -0.39 is 0 Å². The fourth-order valence-corrected chi connectivity index (χ4v) is 1.61. The number of nitrogens with zero attached hydrogens (tertiary/aromatic N) is 1. The van der Waals surface area contributed by atoms with E-state index in [9.17, 15) is 0 Å². The highest BCUT2D eigenvalue weighted by atomic mass is 16.5. The Kier molecular flexibility index (Phi) is 4.62. The Morgan fingerprint density at radius 3 is 2.44 bits per heavy atom. The van der Waals surface area contributed by atoms with Crippen LogP contribution < -0.4 is 9.47 Å². The zero-order chi connectivity index (χ0) is 12.0. The lowest BCUT2D eigenvalue weighted by atomic mass is 10.1. The molecule has 0 amide bonds. The summed E-state index contributed by atoms with van der Waals surface area (Å²) in [6.07, 6.45) is 0.309. The highest BCUT2D eigenvalue weighted by molar-refractivity contribution is 5.50. The molecule has 4 nitrogen and oxygen atoms in total. The molecule has 0 atom stereocenters. The summed E-state index contributed by atoms with van der Waals surface area (Å²) in [5.74, 6) is 1.38. The van der Waals surface area contributed by atoms with E-state index in [0.29, 0.717) is 24.5 Å². The topological polar surface area (TPSA) is 51.5 Å². The Bertz CT molecular complexity index is 396. The van der Waals surface area contributed by atoms with E-state index in [2.05, 4.69) is 6.07 Å². The van der Waals surface area contributed by atoms with Gasteiger partial charge in [-0.3, -0.25) is 0 Å². The number of nitriles is 1. The number of ether oxygens (including phenoxy) is 3. The first-order valence-electron chi connectivity index (χ1n) is 4.87. The van der Waals surface area contributed by atoms with Crippen LogP contribution in [0.25, 0.3) is 0 Å². The Hall–Kier alpha value is -1.73. The summed E-state index contributed by atoms with van der Waals surface area (Å²) < 4.78 is 15.6. The van der Waals surface area contributed by atoms with Crippen molar-refractivity contribution in [3.8, 4) is 17.6 Å². The second kappa shape index (κ2) is 5.99. The quantitative estimate of drug-likeness (QED) is 0.762. The van der Waals surface area contributed by atoms with Crippen LogP contribution in [0.3, 0.4) is 0 Å². The molecule has 0 aliphatic rings. The minimum absolute atomic E-state index is 0.309. The lowest BCUT2D eigenvalue weighted by Crippen LogP contribution is -2.01. The smallest absolute Gasteiger partial charge is 0.132 e. The second-order valence-corrected chi connectivity index (χ2v) is 3.21. The van der Waals surface area contributed by atoms with Gasteiger partial charge in [0.1, 0.15) is 11.5 Å². The van der Waals surface area contributed by atoms with E-state index in [1.807, 2.05) is 12.1 Å². The summed E-state index contributed by atoms with van der Waals surface area (Å²) in [5, 5.41) is 8.72. The van der Waals surface area contributed by atoms with Crippen LogP contribution in [0.2, 0.25) is 0 Å². The first-order valence-corrected chi connectivity index (χ1v) is 4.87. The first-order chi connectivity index (χ1) is 7.78. The van der Waals surface area contributed by atoms with Gasteiger partial charge in [-0.1, -0.05) is 6.07 Å². The van der Waals surface area contributed by atoms with Gasteiger partial charge in [0.15, 0.2) is 0 Å². The molecule has 0 aliphatic heterocycles. The van der Waals surface area contributed by atoms with Gasteiger partial charge in [-0.25, -0.2) is 0 Å². The third-order valence-corrected chi connectivity index (χ3v) is 2.28. The molecule has 86 valence electrons. The van der Waals surface area contributed by atoms with Crippen LogP contribution in [0.1, 0.15) is 11.1 Å². The van der Waals surface area contributed by atoms with E-state index in [-0.39, 0.29) is 0 Å². The maximum absolute atomic E-state index is 8.72. The van der Waals surface area contributed by atoms with Crippen molar-refractivity contribution in [2.75, 3.05) is 21.3 Å². The van der Waals surface area contributed by atoms with Crippen LogP contribution >= 0.6 is 0 Å². The number of rotatable bonds is 5. The number of hydrogen-bond donors (Lipinski definition) is 0. The summed E-state index contributed by atoms with van der Waals surface area (Å²) in [6.45, 7) is 0.394. The molecule has 1 aromatic carbocycles.